The Bertz CT molecular complexity index is 1630. The first-order valence-electron chi connectivity index (χ1n) is 11.3. The number of furan rings is 1. The number of para-hydroxylation sites is 1. The van der Waals surface area contributed by atoms with Crippen LogP contribution in [0, 0.1) is 6.92 Å². The Balaban J connectivity index is 1.29. The summed E-state index contributed by atoms with van der Waals surface area (Å²) in [4.78, 5) is 26.0. The van der Waals surface area contributed by atoms with Crippen molar-refractivity contribution in [3.05, 3.63) is 86.8 Å². The van der Waals surface area contributed by atoms with E-state index in [0.29, 0.717) is 51.5 Å². The van der Waals surface area contributed by atoms with Crippen molar-refractivity contribution in [2.75, 3.05) is 13.9 Å². The average molecular weight is 563 g/mol. The third kappa shape index (κ3) is 4.16. The van der Waals surface area contributed by atoms with Gasteiger partial charge in [0.1, 0.15) is 17.2 Å². The number of methoxy groups -OCH3 is 1. The van der Waals surface area contributed by atoms with E-state index in [1.165, 1.54) is 13.2 Å². The van der Waals surface area contributed by atoms with Crippen molar-refractivity contribution in [2.45, 2.75) is 13.5 Å². The molecule has 0 saturated heterocycles. The standard InChI is InChI=1S/C28H19BrO8/c1-14-6-19(35-28(31)23-9-15-4-3-5-20(32-2)27(15)37-23)11-21-24(14)25(30)22(36-21)10-16-7-18(29)8-17-12-33-13-34-26(16)17/h3-11H,12-13H2,1-2H3/b22-10-. The second kappa shape index (κ2) is 9.10. The van der Waals surface area contributed by atoms with Gasteiger partial charge in [-0.25, -0.2) is 4.79 Å². The summed E-state index contributed by atoms with van der Waals surface area (Å²) >= 11 is 3.49. The number of carbonyl (C=O) groups excluding carboxylic acids is 2. The van der Waals surface area contributed by atoms with Crippen molar-refractivity contribution in [3.8, 4) is 23.0 Å². The lowest BCUT2D eigenvalue weighted by atomic mass is 10.0. The molecule has 3 aromatic carbocycles. The number of hydrogen-bond donors (Lipinski definition) is 0. The van der Waals surface area contributed by atoms with E-state index < -0.39 is 5.97 Å². The highest BCUT2D eigenvalue weighted by Crippen LogP contribution is 2.40. The van der Waals surface area contributed by atoms with Gasteiger partial charge in [0, 0.05) is 27.1 Å². The molecule has 0 fully saturated rings. The fourth-order valence-electron chi connectivity index (χ4n) is 4.45. The van der Waals surface area contributed by atoms with Gasteiger partial charge in [-0.05, 0) is 48.9 Å². The predicted octanol–water partition coefficient (Wildman–Crippen LogP) is 6.21. The molecule has 37 heavy (non-hydrogen) atoms. The Morgan fingerprint density at radius 2 is 2.00 bits per heavy atom. The summed E-state index contributed by atoms with van der Waals surface area (Å²) in [5, 5.41) is 0.713. The molecule has 3 heterocycles. The molecule has 0 spiro atoms. The number of allylic oxidation sites excluding steroid dienone is 1. The molecule has 8 nitrogen and oxygen atoms in total. The number of aryl methyl sites for hydroxylation is 1. The van der Waals surface area contributed by atoms with Crippen molar-refractivity contribution in [1.82, 2.24) is 0 Å². The molecule has 9 heteroatoms. The fourth-order valence-corrected chi connectivity index (χ4v) is 4.97. The minimum atomic E-state index is -0.683. The lowest BCUT2D eigenvalue weighted by Gasteiger charge is -2.20. The number of fused-ring (bicyclic) bond motifs is 3. The molecular weight excluding hydrogens is 544 g/mol. The van der Waals surface area contributed by atoms with Gasteiger partial charge < -0.3 is 28.1 Å². The van der Waals surface area contributed by atoms with Gasteiger partial charge in [0.2, 0.25) is 11.5 Å². The number of halogens is 1. The second-order valence-electron chi connectivity index (χ2n) is 8.53. The van der Waals surface area contributed by atoms with Crippen molar-refractivity contribution in [3.63, 3.8) is 0 Å². The Hall–Kier alpha value is -4.08. The van der Waals surface area contributed by atoms with Gasteiger partial charge in [-0.3, -0.25) is 4.79 Å². The minimum absolute atomic E-state index is 0.0265. The molecule has 2 aliphatic rings. The summed E-state index contributed by atoms with van der Waals surface area (Å²) in [5.74, 6) is 0.902. The van der Waals surface area contributed by atoms with Crippen LogP contribution in [0.25, 0.3) is 17.0 Å². The third-order valence-corrected chi connectivity index (χ3v) is 6.53. The first kappa shape index (κ1) is 23.3. The number of ether oxygens (including phenoxy) is 5. The summed E-state index contributed by atoms with van der Waals surface area (Å²) < 4.78 is 34.3. The number of rotatable bonds is 4. The number of hydrogen-bond acceptors (Lipinski definition) is 8. The van der Waals surface area contributed by atoms with Crippen LogP contribution in [0.5, 0.6) is 23.0 Å². The molecule has 186 valence electrons. The van der Waals surface area contributed by atoms with Gasteiger partial charge in [-0.1, -0.05) is 28.1 Å². The van der Waals surface area contributed by atoms with E-state index >= 15 is 0 Å². The van der Waals surface area contributed by atoms with Crippen LogP contribution in [0.3, 0.4) is 0 Å². The number of ketones is 1. The molecule has 0 saturated carbocycles. The summed E-state index contributed by atoms with van der Waals surface area (Å²) in [7, 11) is 1.53. The summed E-state index contributed by atoms with van der Waals surface area (Å²) in [6, 6.07) is 13.8. The van der Waals surface area contributed by atoms with E-state index in [1.807, 2.05) is 18.2 Å². The lowest BCUT2D eigenvalue weighted by Crippen LogP contribution is -2.12. The maximum Gasteiger partial charge on any atom is 0.379 e. The van der Waals surface area contributed by atoms with Crippen LogP contribution in [-0.4, -0.2) is 25.7 Å². The summed E-state index contributed by atoms with van der Waals surface area (Å²) in [5.41, 5.74) is 3.03. The van der Waals surface area contributed by atoms with Crippen molar-refractivity contribution >= 4 is 44.7 Å². The second-order valence-corrected chi connectivity index (χ2v) is 9.44. The number of Topliss-reactive ketones (excluding diaryl/α,β-unsaturated/α-hetero) is 1. The quantitative estimate of drug-likeness (QED) is 0.164. The molecule has 0 bridgehead atoms. The fraction of sp³-hybridized carbons (Fsp3) is 0.143. The average Bonchev–Trinajstić information content (AvgIpc) is 3.45. The normalized spacial score (nSPS) is 15.2. The highest BCUT2D eigenvalue weighted by Gasteiger charge is 2.31. The highest BCUT2D eigenvalue weighted by molar-refractivity contribution is 9.10. The van der Waals surface area contributed by atoms with Gasteiger partial charge in [-0.15, -0.1) is 0 Å². The zero-order chi connectivity index (χ0) is 25.7. The molecule has 0 radical (unpaired) electrons. The van der Waals surface area contributed by atoms with Crippen LogP contribution in [0.15, 0.2) is 63.2 Å². The molecule has 0 atom stereocenters. The maximum atomic E-state index is 13.2. The predicted molar refractivity (Wildman–Crippen MR) is 136 cm³/mol. The van der Waals surface area contributed by atoms with E-state index in [-0.39, 0.29) is 29.8 Å². The monoisotopic (exact) mass is 562 g/mol. The first-order chi connectivity index (χ1) is 17.9. The van der Waals surface area contributed by atoms with Crippen LogP contribution in [0.2, 0.25) is 0 Å². The number of benzene rings is 3. The van der Waals surface area contributed by atoms with E-state index in [9.17, 15) is 9.59 Å². The first-order valence-corrected chi connectivity index (χ1v) is 12.1. The van der Waals surface area contributed by atoms with Gasteiger partial charge in [0.25, 0.3) is 0 Å². The smallest absolute Gasteiger partial charge is 0.379 e. The molecule has 1 aromatic heterocycles. The zero-order valence-electron chi connectivity index (χ0n) is 19.8. The SMILES string of the molecule is COc1cccc2cc(C(=O)Oc3cc(C)c4c(c3)O/C(=C\c3cc(Br)cc5c3OCOC5)C4=O)oc12. The van der Waals surface area contributed by atoms with E-state index in [4.69, 9.17) is 28.1 Å². The van der Waals surface area contributed by atoms with Crippen LogP contribution >= 0.6 is 15.9 Å². The molecule has 0 aliphatic carbocycles. The number of carbonyl (C=O) groups is 2. The molecule has 4 aromatic rings. The third-order valence-electron chi connectivity index (χ3n) is 6.07. The Morgan fingerprint density at radius 3 is 2.84 bits per heavy atom. The maximum absolute atomic E-state index is 13.2. The summed E-state index contributed by atoms with van der Waals surface area (Å²) in [6.07, 6.45) is 1.64. The van der Waals surface area contributed by atoms with Gasteiger partial charge in [-0.2, -0.15) is 0 Å². The van der Waals surface area contributed by atoms with E-state index in [0.717, 1.165) is 10.0 Å². The van der Waals surface area contributed by atoms with Crippen molar-refractivity contribution in [2.24, 2.45) is 0 Å². The molecular formula is C28H19BrO8. The van der Waals surface area contributed by atoms with Crippen LogP contribution < -0.4 is 18.9 Å². The van der Waals surface area contributed by atoms with Gasteiger partial charge >= 0.3 is 5.97 Å². The molecule has 0 amide bonds. The molecule has 0 unspecified atom stereocenters. The largest absolute Gasteiger partial charge is 0.493 e. The number of esters is 1. The molecule has 2 aliphatic heterocycles. The Labute approximate surface area is 219 Å². The Kier molecular flexibility index (Phi) is 5.73. The molecule has 0 N–H and O–H groups in total. The van der Waals surface area contributed by atoms with Crippen molar-refractivity contribution in [1.29, 1.82) is 0 Å². The van der Waals surface area contributed by atoms with E-state index in [1.54, 1.807) is 37.3 Å². The zero-order valence-corrected chi connectivity index (χ0v) is 21.3. The van der Waals surface area contributed by atoms with E-state index in [2.05, 4.69) is 15.9 Å². The lowest BCUT2D eigenvalue weighted by molar-refractivity contribution is -0.0165. The topological polar surface area (TPSA) is 93.4 Å². The minimum Gasteiger partial charge on any atom is -0.493 e. The van der Waals surface area contributed by atoms with Gasteiger partial charge in [0.05, 0.1) is 19.3 Å². The van der Waals surface area contributed by atoms with Crippen molar-refractivity contribution < 1.29 is 37.7 Å². The van der Waals surface area contributed by atoms with Crippen LogP contribution in [0.4, 0.5) is 0 Å². The van der Waals surface area contributed by atoms with Gasteiger partial charge in [0.15, 0.2) is 23.9 Å². The molecule has 6 rings (SSSR count). The Morgan fingerprint density at radius 1 is 1.14 bits per heavy atom. The summed E-state index contributed by atoms with van der Waals surface area (Å²) in [6.45, 7) is 2.30. The van der Waals surface area contributed by atoms with Crippen LogP contribution in [-0.2, 0) is 11.3 Å². The van der Waals surface area contributed by atoms with Crippen LogP contribution in [0.1, 0.15) is 37.6 Å². The highest BCUT2D eigenvalue weighted by atomic mass is 79.9.